The van der Waals surface area contributed by atoms with Gasteiger partial charge in [0, 0.05) is 24.1 Å². The second-order valence-electron chi connectivity index (χ2n) is 7.46. The molecule has 3 N–H and O–H groups in total. The molecule has 0 fully saturated rings. The second kappa shape index (κ2) is 10.3. The van der Waals surface area contributed by atoms with Crippen LogP contribution in [-0.2, 0) is 27.8 Å². The summed E-state index contributed by atoms with van der Waals surface area (Å²) in [5.41, 5.74) is 3.01. The zero-order valence-corrected chi connectivity index (χ0v) is 19.0. The van der Waals surface area contributed by atoms with Crippen molar-refractivity contribution in [2.24, 2.45) is 5.14 Å². The van der Waals surface area contributed by atoms with Gasteiger partial charge in [0.15, 0.2) is 11.7 Å². The molecule has 0 aliphatic rings. The molecule has 1 aromatic heterocycles. The quantitative estimate of drug-likeness (QED) is 0.393. The maximum Gasteiger partial charge on any atom is 0.407 e. The molecule has 0 aliphatic carbocycles. The molecule has 0 saturated carbocycles. The van der Waals surface area contributed by atoms with E-state index in [1.54, 1.807) is 12.1 Å². The molecule has 3 aromatic carbocycles. The lowest BCUT2D eigenvalue weighted by Gasteiger charge is -2.06. The first kappa shape index (κ1) is 23.2. The lowest BCUT2D eigenvalue weighted by atomic mass is 10.1. The molecule has 34 heavy (non-hydrogen) atoms. The van der Waals surface area contributed by atoms with Crippen LogP contribution in [0.1, 0.15) is 11.5 Å². The minimum absolute atomic E-state index is 0.00969. The summed E-state index contributed by atoms with van der Waals surface area (Å²) < 4.78 is 34.4. The largest absolute Gasteiger partial charge is 0.445 e. The SMILES string of the molecule is NS(=O)(=O)c1ccc(-c2oc(CCNC(=O)OCc3ccccc3)nc2-c2ccccc2)cc1. The fourth-order valence-electron chi connectivity index (χ4n) is 3.30. The molecule has 8 nitrogen and oxygen atoms in total. The van der Waals surface area contributed by atoms with Crippen LogP contribution >= 0.6 is 0 Å². The molecule has 0 atom stereocenters. The normalized spacial score (nSPS) is 11.2. The molecule has 4 rings (SSSR count). The number of nitrogens with two attached hydrogens (primary N) is 1. The highest BCUT2D eigenvalue weighted by atomic mass is 32.2. The van der Waals surface area contributed by atoms with Gasteiger partial charge < -0.3 is 14.5 Å². The summed E-state index contributed by atoms with van der Waals surface area (Å²) in [6, 6.07) is 25.0. The average molecular weight is 478 g/mol. The van der Waals surface area contributed by atoms with E-state index in [1.165, 1.54) is 12.1 Å². The van der Waals surface area contributed by atoms with Crippen LogP contribution in [0.5, 0.6) is 0 Å². The van der Waals surface area contributed by atoms with Crippen molar-refractivity contribution in [1.29, 1.82) is 0 Å². The van der Waals surface area contributed by atoms with Gasteiger partial charge in [-0.3, -0.25) is 0 Å². The highest BCUT2D eigenvalue weighted by Gasteiger charge is 2.18. The minimum atomic E-state index is -3.80. The van der Waals surface area contributed by atoms with E-state index in [0.717, 1.165) is 11.1 Å². The number of oxazole rings is 1. The molecular formula is C25H23N3O5S. The summed E-state index contributed by atoms with van der Waals surface area (Å²) in [4.78, 5) is 16.6. The van der Waals surface area contributed by atoms with Crippen LogP contribution in [0.2, 0.25) is 0 Å². The number of nitrogens with one attached hydrogen (secondary N) is 1. The third-order valence-corrected chi connectivity index (χ3v) is 5.91. The van der Waals surface area contributed by atoms with E-state index in [4.69, 9.17) is 14.3 Å². The van der Waals surface area contributed by atoms with Gasteiger partial charge in [-0.2, -0.15) is 0 Å². The van der Waals surface area contributed by atoms with Crippen molar-refractivity contribution in [3.63, 3.8) is 0 Å². The van der Waals surface area contributed by atoms with Gasteiger partial charge in [0.25, 0.3) is 0 Å². The van der Waals surface area contributed by atoms with Crippen molar-refractivity contribution in [2.45, 2.75) is 17.9 Å². The van der Waals surface area contributed by atoms with Crippen LogP contribution in [0.15, 0.2) is 94.2 Å². The molecule has 9 heteroatoms. The molecule has 0 spiro atoms. The van der Waals surface area contributed by atoms with Gasteiger partial charge in [-0.05, 0) is 29.8 Å². The van der Waals surface area contributed by atoms with E-state index in [1.807, 2.05) is 60.7 Å². The molecular weight excluding hydrogens is 454 g/mol. The Labute approximate surface area is 197 Å². The zero-order chi connectivity index (χ0) is 24.0. The monoisotopic (exact) mass is 477 g/mol. The number of sulfonamides is 1. The summed E-state index contributed by atoms with van der Waals surface area (Å²) in [5.74, 6) is 0.918. The Kier molecular flexibility index (Phi) is 7.05. The van der Waals surface area contributed by atoms with Crippen LogP contribution in [-0.4, -0.2) is 26.0 Å². The zero-order valence-electron chi connectivity index (χ0n) is 18.2. The number of aromatic nitrogens is 1. The summed E-state index contributed by atoms with van der Waals surface area (Å²) in [6.45, 7) is 0.453. The lowest BCUT2D eigenvalue weighted by Crippen LogP contribution is -2.26. The maximum atomic E-state index is 12.0. The van der Waals surface area contributed by atoms with Crippen LogP contribution in [0.4, 0.5) is 4.79 Å². The van der Waals surface area contributed by atoms with E-state index < -0.39 is 16.1 Å². The third kappa shape index (κ3) is 5.89. The topological polar surface area (TPSA) is 125 Å². The second-order valence-corrected chi connectivity index (χ2v) is 9.02. The first-order chi connectivity index (χ1) is 16.4. The average Bonchev–Trinajstić information content (AvgIpc) is 3.28. The Morgan fingerprint density at radius 1 is 0.912 bits per heavy atom. The standard InChI is InChI=1S/C25H23N3O5S/c26-34(30,31)21-13-11-20(12-14-21)24-23(19-9-5-2-6-10-19)28-22(33-24)15-16-27-25(29)32-17-18-7-3-1-4-8-18/h1-14H,15-17H2,(H,27,29)(H2,26,30,31). The minimum Gasteiger partial charge on any atom is -0.445 e. The molecule has 0 radical (unpaired) electrons. The van der Waals surface area contributed by atoms with Crippen molar-refractivity contribution in [2.75, 3.05) is 6.54 Å². The molecule has 0 saturated heterocycles. The Hall–Kier alpha value is -3.95. The van der Waals surface area contributed by atoms with Crippen molar-refractivity contribution >= 4 is 16.1 Å². The number of primary sulfonamides is 1. The molecule has 0 aliphatic heterocycles. The predicted octanol–water partition coefficient (Wildman–Crippen LogP) is 4.12. The van der Waals surface area contributed by atoms with Crippen LogP contribution in [0, 0.1) is 0 Å². The number of amides is 1. The number of carbonyl (C=O) groups is 1. The number of carbonyl (C=O) groups excluding carboxylic acids is 1. The first-order valence-corrected chi connectivity index (χ1v) is 12.1. The van der Waals surface area contributed by atoms with E-state index in [2.05, 4.69) is 10.3 Å². The van der Waals surface area contributed by atoms with Gasteiger partial charge in [0.1, 0.15) is 12.3 Å². The molecule has 1 heterocycles. The van der Waals surface area contributed by atoms with Crippen molar-refractivity contribution in [3.05, 3.63) is 96.4 Å². The van der Waals surface area contributed by atoms with Crippen molar-refractivity contribution in [1.82, 2.24) is 10.3 Å². The van der Waals surface area contributed by atoms with Crippen molar-refractivity contribution in [3.8, 4) is 22.6 Å². The lowest BCUT2D eigenvalue weighted by molar-refractivity contribution is 0.139. The molecule has 1 amide bonds. The summed E-state index contributed by atoms with van der Waals surface area (Å²) in [7, 11) is -3.80. The van der Waals surface area contributed by atoms with Gasteiger partial charge in [-0.1, -0.05) is 60.7 Å². The first-order valence-electron chi connectivity index (χ1n) is 10.5. The third-order valence-electron chi connectivity index (χ3n) is 4.98. The Bertz CT molecular complexity index is 1350. The van der Waals surface area contributed by atoms with Gasteiger partial charge in [0.2, 0.25) is 10.0 Å². The fraction of sp³-hybridized carbons (Fsp3) is 0.120. The van der Waals surface area contributed by atoms with Gasteiger partial charge in [0.05, 0.1) is 4.90 Å². The number of nitrogens with zero attached hydrogens (tertiary/aromatic N) is 1. The summed E-state index contributed by atoms with van der Waals surface area (Å²) in [5, 5.41) is 7.89. The van der Waals surface area contributed by atoms with E-state index >= 15 is 0 Å². The number of hydrogen-bond acceptors (Lipinski definition) is 6. The summed E-state index contributed by atoms with van der Waals surface area (Å²) >= 11 is 0. The maximum absolute atomic E-state index is 12.0. The number of benzene rings is 3. The molecule has 4 aromatic rings. The number of rotatable bonds is 8. The molecule has 0 bridgehead atoms. The highest BCUT2D eigenvalue weighted by Crippen LogP contribution is 2.33. The molecule has 0 unspecified atom stereocenters. The predicted molar refractivity (Wildman–Crippen MR) is 127 cm³/mol. The van der Waals surface area contributed by atoms with Crippen molar-refractivity contribution < 1.29 is 22.4 Å². The number of alkyl carbamates (subject to hydrolysis) is 1. The summed E-state index contributed by atoms with van der Waals surface area (Å²) in [6.07, 6.45) is -0.187. The van der Waals surface area contributed by atoms with Gasteiger partial charge >= 0.3 is 6.09 Å². The smallest absolute Gasteiger partial charge is 0.407 e. The van der Waals surface area contributed by atoms with Crippen LogP contribution < -0.4 is 10.5 Å². The number of hydrogen-bond donors (Lipinski definition) is 2. The number of ether oxygens (including phenoxy) is 1. The Morgan fingerprint density at radius 3 is 2.21 bits per heavy atom. The molecule has 174 valence electrons. The van der Waals surface area contributed by atoms with Gasteiger partial charge in [-0.25, -0.2) is 23.3 Å². The fourth-order valence-corrected chi connectivity index (χ4v) is 3.82. The van der Waals surface area contributed by atoms with Crippen LogP contribution in [0.25, 0.3) is 22.6 Å². The van der Waals surface area contributed by atoms with E-state index in [0.29, 0.717) is 29.3 Å². The highest BCUT2D eigenvalue weighted by molar-refractivity contribution is 7.89. The van der Waals surface area contributed by atoms with E-state index in [9.17, 15) is 13.2 Å². The Balaban J connectivity index is 1.47. The van der Waals surface area contributed by atoms with E-state index in [-0.39, 0.29) is 18.0 Å². The van der Waals surface area contributed by atoms with Gasteiger partial charge in [-0.15, -0.1) is 0 Å². The van der Waals surface area contributed by atoms with Crippen LogP contribution in [0.3, 0.4) is 0 Å². The Morgan fingerprint density at radius 2 is 1.56 bits per heavy atom.